The zero-order valence-corrected chi connectivity index (χ0v) is 11.3. The first-order valence-corrected chi connectivity index (χ1v) is 6.49. The van der Waals surface area contributed by atoms with Crippen molar-refractivity contribution in [3.05, 3.63) is 0 Å². The summed E-state index contributed by atoms with van der Waals surface area (Å²) in [7, 11) is 1.77. The summed E-state index contributed by atoms with van der Waals surface area (Å²) >= 11 is 0. The topological polar surface area (TPSA) is 66.6 Å². The summed E-state index contributed by atoms with van der Waals surface area (Å²) in [6, 6.07) is 0. The Morgan fingerprint density at radius 1 is 1.35 bits per heavy atom. The summed E-state index contributed by atoms with van der Waals surface area (Å²) in [5, 5.41) is 9.34. The predicted molar refractivity (Wildman–Crippen MR) is 68.5 cm³/mol. The van der Waals surface area contributed by atoms with E-state index < -0.39 is 5.54 Å². The Bertz CT molecular complexity index is 271. The van der Waals surface area contributed by atoms with E-state index in [9.17, 15) is 9.90 Å². The fourth-order valence-corrected chi connectivity index (χ4v) is 2.47. The van der Waals surface area contributed by atoms with E-state index in [0.717, 1.165) is 25.7 Å². The molecule has 3 N–H and O–H groups in total. The van der Waals surface area contributed by atoms with Crippen molar-refractivity contribution >= 4 is 5.91 Å². The highest BCUT2D eigenvalue weighted by molar-refractivity contribution is 5.83. The first kappa shape index (κ1) is 14.5. The zero-order valence-electron chi connectivity index (χ0n) is 11.3. The van der Waals surface area contributed by atoms with Gasteiger partial charge in [0.1, 0.15) is 0 Å². The fourth-order valence-electron chi connectivity index (χ4n) is 2.47. The molecule has 0 atom stereocenters. The molecule has 1 fully saturated rings. The summed E-state index contributed by atoms with van der Waals surface area (Å²) in [5.41, 5.74) is 4.95. The number of aliphatic hydroxyl groups excluding tert-OH is 1. The van der Waals surface area contributed by atoms with Crippen LogP contribution < -0.4 is 5.73 Å². The van der Waals surface area contributed by atoms with Gasteiger partial charge in [0.15, 0.2) is 0 Å². The van der Waals surface area contributed by atoms with Crippen molar-refractivity contribution in [1.82, 2.24) is 4.90 Å². The smallest absolute Gasteiger partial charge is 0.230 e. The summed E-state index contributed by atoms with van der Waals surface area (Å²) < 4.78 is 0. The van der Waals surface area contributed by atoms with Crippen LogP contribution in [-0.2, 0) is 4.79 Å². The van der Waals surface area contributed by atoms with E-state index in [0.29, 0.717) is 6.54 Å². The monoisotopic (exact) mass is 242 g/mol. The molecule has 0 bridgehead atoms. The Morgan fingerprint density at radius 2 is 1.88 bits per heavy atom. The molecule has 0 aromatic carbocycles. The number of aliphatic hydroxyl groups is 1. The SMILES string of the molecule is CN(C(=O)C1(CN)CCCCC1)C(C)(C)CO. The Morgan fingerprint density at radius 3 is 2.29 bits per heavy atom. The molecule has 0 aromatic heterocycles. The van der Waals surface area contributed by atoms with E-state index in [1.54, 1.807) is 11.9 Å². The van der Waals surface area contributed by atoms with Crippen LogP contribution in [0.2, 0.25) is 0 Å². The Hall–Kier alpha value is -0.610. The highest BCUT2D eigenvalue weighted by atomic mass is 16.3. The van der Waals surface area contributed by atoms with Crippen molar-refractivity contribution in [2.24, 2.45) is 11.1 Å². The molecular formula is C13H26N2O2. The van der Waals surface area contributed by atoms with Crippen LogP contribution in [0.1, 0.15) is 46.0 Å². The minimum absolute atomic E-state index is 0.0319. The van der Waals surface area contributed by atoms with Crippen molar-refractivity contribution in [3.8, 4) is 0 Å². The Kier molecular flexibility index (Phi) is 4.55. The first-order valence-electron chi connectivity index (χ1n) is 6.49. The molecule has 4 nitrogen and oxygen atoms in total. The van der Waals surface area contributed by atoms with Crippen LogP contribution in [0.3, 0.4) is 0 Å². The van der Waals surface area contributed by atoms with Crippen molar-refractivity contribution in [2.75, 3.05) is 20.2 Å². The van der Waals surface area contributed by atoms with Gasteiger partial charge in [0.2, 0.25) is 5.91 Å². The van der Waals surface area contributed by atoms with E-state index in [1.165, 1.54) is 6.42 Å². The number of likely N-dealkylation sites (N-methyl/N-ethyl adjacent to an activating group) is 1. The number of rotatable bonds is 4. The average molecular weight is 242 g/mol. The van der Waals surface area contributed by atoms with Gasteiger partial charge in [-0.1, -0.05) is 19.3 Å². The van der Waals surface area contributed by atoms with Gasteiger partial charge in [-0.15, -0.1) is 0 Å². The largest absolute Gasteiger partial charge is 0.394 e. The molecule has 1 rings (SSSR count). The quantitative estimate of drug-likeness (QED) is 0.776. The molecule has 0 heterocycles. The molecule has 0 aliphatic heterocycles. The van der Waals surface area contributed by atoms with Crippen LogP contribution in [-0.4, -0.2) is 41.7 Å². The van der Waals surface area contributed by atoms with E-state index in [2.05, 4.69) is 0 Å². The minimum Gasteiger partial charge on any atom is -0.394 e. The lowest BCUT2D eigenvalue weighted by molar-refractivity contribution is -0.148. The number of amides is 1. The van der Waals surface area contributed by atoms with Crippen molar-refractivity contribution in [1.29, 1.82) is 0 Å². The molecule has 0 aromatic rings. The molecule has 4 heteroatoms. The molecule has 100 valence electrons. The Labute approximate surface area is 104 Å². The van der Waals surface area contributed by atoms with Gasteiger partial charge in [0.25, 0.3) is 0 Å². The summed E-state index contributed by atoms with van der Waals surface area (Å²) in [4.78, 5) is 14.3. The molecule has 0 saturated heterocycles. The molecular weight excluding hydrogens is 216 g/mol. The van der Waals surface area contributed by atoms with Gasteiger partial charge in [-0.25, -0.2) is 0 Å². The van der Waals surface area contributed by atoms with E-state index in [-0.39, 0.29) is 17.9 Å². The molecule has 0 unspecified atom stereocenters. The summed E-state index contributed by atoms with van der Waals surface area (Å²) in [6.45, 7) is 4.13. The van der Waals surface area contributed by atoms with Gasteiger partial charge in [-0.2, -0.15) is 0 Å². The second-order valence-electron chi connectivity index (χ2n) is 5.88. The van der Waals surface area contributed by atoms with Crippen LogP contribution in [0, 0.1) is 5.41 Å². The second kappa shape index (κ2) is 5.36. The normalized spacial score (nSPS) is 20.1. The number of carbonyl (C=O) groups is 1. The van der Waals surface area contributed by atoms with Gasteiger partial charge in [0, 0.05) is 13.6 Å². The van der Waals surface area contributed by atoms with Crippen LogP contribution in [0.4, 0.5) is 0 Å². The second-order valence-corrected chi connectivity index (χ2v) is 5.88. The van der Waals surface area contributed by atoms with Gasteiger partial charge in [-0.05, 0) is 26.7 Å². The summed E-state index contributed by atoms with van der Waals surface area (Å²) in [6.07, 6.45) is 5.12. The van der Waals surface area contributed by atoms with Gasteiger partial charge >= 0.3 is 0 Å². The maximum Gasteiger partial charge on any atom is 0.230 e. The molecule has 0 spiro atoms. The standard InChI is InChI=1S/C13H26N2O2/c1-12(2,10-16)15(3)11(17)13(9-14)7-5-4-6-8-13/h16H,4-10,14H2,1-3H3. The number of hydrogen-bond donors (Lipinski definition) is 2. The minimum atomic E-state index is -0.517. The lowest BCUT2D eigenvalue weighted by atomic mass is 9.72. The number of hydrogen-bond acceptors (Lipinski definition) is 3. The number of carbonyl (C=O) groups excluding carboxylic acids is 1. The first-order chi connectivity index (χ1) is 7.89. The predicted octanol–water partition coefficient (Wildman–Crippen LogP) is 1.12. The number of nitrogens with two attached hydrogens (primary N) is 1. The third-order valence-electron chi connectivity index (χ3n) is 4.25. The average Bonchev–Trinajstić information content (AvgIpc) is 2.37. The van der Waals surface area contributed by atoms with Crippen molar-refractivity contribution < 1.29 is 9.90 Å². The number of nitrogens with zero attached hydrogens (tertiary/aromatic N) is 1. The molecule has 0 radical (unpaired) electrons. The van der Waals surface area contributed by atoms with E-state index >= 15 is 0 Å². The van der Waals surface area contributed by atoms with Gasteiger partial charge in [0.05, 0.1) is 17.6 Å². The van der Waals surface area contributed by atoms with Crippen molar-refractivity contribution in [3.63, 3.8) is 0 Å². The molecule has 1 aliphatic rings. The fraction of sp³-hybridized carbons (Fsp3) is 0.923. The highest BCUT2D eigenvalue weighted by Gasteiger charge is 2.43. The van der Waals surface area contributed by atoms with E-state index in [1.807, 2.05) is 13.8 Å². The van der Waals surface area contributed by atoms with Crippen LogP contribution in [0.5, 0.6) is 0 Å². The molecule has 1 amide bonds. The zero-order chi connectivity index (χ0) is 13.1. The van der Waals surface area contributed by atoms with Gasteiger partial charge in [-0.3, -0.25) is 4.79 Å². The third kappa shape index (κ3) is 2.80. The lowest BCUT2D eigenvalue weighted by Crippen LogP contribution is -2.55. The third-order valence-corrected chi connectivity index (χ3v) is 4.25. The van der Waals surface area contributed by atoms with Crippen LogP contribution >= 0.6 is 0 Å². The maximum absolute atomic E-state index is 12.6. The lowest BCUT2D eigenvalue weighted by Gasteiger charge is -2.43. The van der Waals surface area contributed by atoms with Gasteiger partial charge < -0.3 is 15.7 Å². The van der Waals surface area contributed by atoms with Crippen LogP contribution in [0.25, 0.3) is 0 Å². The highest BCUT2D eigenvalue weighted by Crippen LogP contribution is 2.38. The van der Waals surface area contributed by atoms with E-state index in [4.69, 9.17) is 5.73 Å². The molecule has 1 saturated carbocycles. The Balaban J connectivity index is 2.85. The van der Waals surface area contributed by atoms with Crippen molar-refractivity contribution in [2.45, 2.75) is 51.5 Å². The van der Waals surface area contributed by atoms with Crippen LogP contribution in [0.15, 0.2) is 0 Å². The molecule has 17 heavy (non-hydrogen) atoms. The summed E-state index contributed by atoms with van der Waals surface area (Å²) in [5.74, 6) is 0.0961. The molecule has 1 aliphatic carbocycles. The maximum atomic E-state index is 12.6.